The SMILES string of the molecule is COc1ccccc1-n1nc(CC(C)C)nc1C1CCN(CCO)CC1. The molecule has 0 atom stereocenters. The van der Waals surface area contributed by atoms with Crippen molar-refractivity contribution < 1.29 is 9.84 Å². The van der Waals surface area contributed by atoms with Crippen molar-refractivity contribution in [3.05, 3.63) is 35.9 Å². The van der Waals surface area contributed by atoms with Crippen molar-refractivity contribution in [3.63, 3.8) is 0 Å². The van der Waals surface area contributed by atoms with Crippen molar-refractivity contribution in [2.45, 2.75) is 39.0 Å². The fourth-order valence-corrected chi connectivity index (χ4v) is 3.62. The van der Waals surface area contributed by atoms with Crippen LogP contribution in [0.25, 0.3) is 5.69 Å². The summed E-state index contributed by atoms with van der Waals surface area (Å²) in [6.45, 7) is 7.34. The lowest BCUT2D eigenvalue weighted by Gasteiger charge is -2.31. The zero-order chi connectivity index (χ0) is 18.5. The summed E-state index contributed by atoms with van der Waals surface area (Å²) in [5.41, 5.74) is 0.949. The molecule has 1 aromatic heterocycles. The summed E-state index contributed by atoms with van der Waals surface area (Å²) < 4.78 is 7.55. The van der Waals surface area contributed by atoms with E-state index in [1.54, 1.807) is 7.11 Å². The van der Waals surface area contributed by atoms with E-state index >= 15 is 0 Å². The highest BCUT2D eigenvalue weighted by atomic mass is 16.5. The Hall–Kier alpha value is -1.92. The first kappa shape index (κ1) is 18.9. The minimum atomic E-state index is 0.223. The fourth-order valence-electron chi connectivity index (χ4n) is 3.62. The van der Waals surface area contributed by atoms with E-state index in [1.807, 2.05) is 28.9 Å². The molecule has 0 saturated carbocycles. The van der Waals surface area contributed by atoms with Crippen molar-refractivity contribution in [1.29, 1.82) is 0 Å². The van der Waals surface area contributed by atoms with Crippen LogP contribution in [0.2, 0.25) is 0 Å². The van der Waals surface area contributed by atoms with Crippen LogP contribution < -0.4 is 4.74 Å². The molecule has 1 aliphatic rings. The number of benzene rings is 1. The molecule has 6 nitrogen and oxygen atoms in total. The number of β-amino-alcohol motifs (C(OH)–C–C–N with tert-alkyl or cyclic N) is 1. The first-order chi connectivity index (χ1) is 12.6. The fraction of sp³-hybridized carbons (Fsp3) is 0.600. The largest absolute Gasteiger partial charge is 0.494 e. The van der Waals surface area contributed by atoms with E-state index in [0.717, 1.165) is 62.0 Å². The average Bonchev–Trinajstić information content (AvgIpc) is 3.05. The minimum absolute atomic E-state index is 0.223. The number of aliphatic hydroxyl groups is 1. The predicted molar refractivity (Wildman–Crippen MR) is 102 cm³/mol. The Morgan fingerprint density at radius 3 is 2.62 bits per heavy atom. The van der Waals surface area contributed by atoms with Crippen LogP contribution in [0.3, 0.4) is 0 Å². The average molecular weight is 358 g/mol. The van der Waals surface area contributed by atoms with Gasteiger partial charge < -0.3 is 14.7 Å². The van der Waals surface area contributed by atoms with Crippen molar-refractivity contribution in [2.75, 3.05) is 33.4 Å². The Bertz CT molecular complexity index is 706. The number of aromatic nitrogens is 3. The standard InChI is InChI=1S/C20H30N4O2/c1-15(2)14-19-21-20(16-8-10-23(11-9-16)12-13-25)24(22-19)17-6-4-5-7-18(17)26-3/h4-7,15-16,25H,8-14H2,1-3H3. The summed E-state index contributed by atoms with van der Waals surface area (Å²) >= 11 is 0. The second kappa shape index (κ2) is 8.64. The molecule has 1 saturated heterocycles. The van der Waals surface area contributed by atoms with Gasteiger partial charge in [0.2, 0.25) is 0 Å². The lowest BCUT2D eigenvalue weighted by atomic mass is 9.95. The van der Waals surface area contributed by atoms with Crippen LogP contribution in [0.4, 0.5) is 0 Å². The van der Waals surface area contributed by atoms with E-state index in [9.17, 15) is 0 Å². The van der Waals surface area contributed by atoms with E-state index in [1.165, 1.54) is 0 Å². The minimum Gasteiger partial charge on any atom is -0.494 e. The van der Waals surface area contributed by atoms with E-state index in [0.29, 0.717) is 11.8 Å². The number of methoxy groups -OCH3 is 1. The van der Waals surface area contributed by atoms with Gasteiger partial charge in [0.15, 0.2) is 5.82 Å². The number of hydrogen-bond donors (Lipinski definition) is 1. The Balaban J connectivity index is 1.92. The zero-order valence-electron chi connectivity index (χ0n) is 16.1. The molecular formula is C20H30N4O2. The van der Waals surface area contributed by atoms with Gasteiger partial charge in [-0.05, 0) is 44.0 Å². The van der Waals surface area contributed by atoms with Crippen LogP contribution in [0, 0.1) is 5.92 Å². The smallest absolute Gasteiger partial charge is 0.151 e. The molecule has 1 N–H and O–H groups in total. The topological polar surface area (TPSA) is 63.4 Å². The third-order valence-corrected chi connectivity index (χ3v) is 4.95. The van der Waals surface area contributed by atoms with Crippen LogP contribution in [-0.2, 0) is 6.42 Å². The highest BCUT2D eigenvalue weighted by Crippen LogP contribution is 2.31. The van der Waals surface area contributed by atoms with Gasteiger partial charge in [-0.2, -0.15) is 5.10 Å². The van der Waals surface area contributed by atoms with Gasteiger partial charge in [0.1, 0.15) is 17.3 Å². The first-order valence-electron chi connectivity index (χ1n) is 9.54. The molecule has 3 rings (SSSR count). The molecule has 1 aromatic carbocycles. The maximum atomic E-state index is 9.16. The zero-order valence-corrected chi connectivity index (χ0v) is 16.1. The number of para-hydroxylation sites is 2. The van der Waals surface area contributed by atoms with Crippen LogP contribution in [-0.4, -0.2) is 58.1 Å². The van der Waals surface area contributed by atoms with Gasteiger partial charge in [-0.3, -0.25) is 0 Å². The van der Waals surface area contributed by atoms with Crippen LogP contribution in [0.5, 0.6) is 5.75 Å². The molecular weight excluding hydrogens is 328 g/mol. The van der Waals surface area contributed by atoms with Gasteiger partial charge >= 0.3 is 0 Å². The van der Waals surface area contributed by atoms with Crippen molar-refractivity contribution in [2.24, 2.45) is 5.92 Å². The van der Waals surface area contributed by atoms with E-state index in [-0.39, 0.29) is 6.61 Å². The summed E-state index contributed by atoms with van der Waals surface area (Å²) in [5, 5.41) is 14.0. The highest BCUT2D eigenvalue weighted by molar-refractivity contribution is 5.46. The number of piperidine rings is 1. The van der Waals surface area contributed by atoms with E-state index in [2.05, 4.69) is 18.7 Å². The quantitative estimate of drug-likeness (QED) is 0.824. The third-order valence-electron chi connectivity index (χ3n) is 4.95. The number of ether oxygens (including phenoxy) is 1. The Morgan fingerprint density at radius 2 is 1.96 bits per heavy atom. The summed E-state index contributed by atoms with van der Waals surface area (Å²) in [6.07, 6.45) is 2.95. The van der Waals surface area contributed by atoms with E-state index in [4.69, 9.17) is 19.9 Å². The molecule has 2 heterocycles. The lowest BCUT2D eigenvalue weighted by molar-refractivity contribution is 0.162. The number of aliphatic hydroxyl groups excluding tert-OH is 1. The summed E-state index contributed by atoms with van der Waals surface area (Å²) in [4.78, 5) is 7.24. The van der Waals surface area contributed by atoms with Crippen LogP contribution >= 0.6 is 0 Å². The highest BCUT2D eigenvalue weighted by Gasteiger charge is 2.27. The Morgan fingerprint density at radius 1 is 1.23 bits per heavy atom. The molecule has 0 spiro atoms. The summed E-state index contributed by atoms with van der Waals surface area (Å²) in [6, 6.07) is 7.99. The van der Waals surface area contributed by atoms with Crippen molar-refractivity contribution in [1.82, 2.24) is 19.7 Å². The van der Waals surface area contributed by atoms with Crippen molar-refractivity contribution in [3.8, 4) is 11.4 Å². The molecule has 0 bridgehead atoms. The van der Waals surface area contributed by atoms with Gasteiger partial charge in [-0.15, -0.1) is 0 Å². The van der Waals surface area contributed by atoms with Crippen LogP contribution in [0.1, 0.15) is 44.3 Å². The molecule has 6 heteroatoms. The molecule has 0 amide bonds. The van der Waals surface area contributed by atoms with E-state index < -0.39 is 0 Å². The predicted octanol–water partition coefficient (Wildman–Crippen LogP) is 2.65. The maximum absolute atomic E-state index is 9.16. The molecule has 0 aliphatic carbocycles. The molecule has 1 aliphatic heterocycles. The van der Waals surface area contributed by atoms with Gasteiger partial charge in [0.25, 0.3) is 0 Å². The summed E-state index contributed by atoms with van der Waals surface area (Å²) in [7, 11) is 1.69. The summed E-state index contributed by atoms with van der Waals surface area (Å²) in [5.74, 6) is 3.64. The monoisotopic (exact) mass is 358 g/mol. The van der Waals surface area contributed by atoms with Crippen molar-refractivity contribution >= 4 is 0 Å². The van der Waals surface area contributed by atoms with Crippen LogP contribution in [0.15, 0.2) is 24.3 Å². The number of likely N-dealkylation sites (tertiary alicyclic amines) is 1. The molecule has 0 radical (unpaired) electrons. The second-order valence-corrected chi connectivity index (χ2v) is 7.41. The second-order valence-electron chi connectivity index (χ2n) is 7.41. The first-order valence-corrected chi connectivity index (χ1v) is 9.54. The van der Waals surface area contributed by atoms with Gasteiger partial charge in [-0.1, -0.05) is 26.0 Å². The maximum Gasteiger partial charge on any atom is 0.151 e. The number of hydrogen-bond acceptors (Lipinski definition) is 5. The normalized spacial score (nSPS) is 16.3. The third kappa shape index (κ3) is 4.24. The molecule has 142 valence electrons. The van der Waals surface area contributed by atoms with Gasteiger partial charge in [0.05, 0.1) is 13.7 Å². The molecule has 0 unspecified atom stereocenters. The molecule has 26 heavy (non-hydrogen) atoms. The van der Waals surface area contributed by atoms with Gasteiger partial charge in [0, 0.05) is 18.9 Å². The number of rotatable bonds is 7. The Labute approximate surface area is 155 Å². The number of nitrogens with zero attached hydrogens (tertiary/aromatic N) is 4. The lowest BCUT2D eigenvalue weighted by Crippen LogP contribution is -2.35. The molecule has 2 aromatic rings. The molecule has 1 fully saturated rings. The van der Waals surface area contributed by atoms with Gasteiger partial charge in [-0.25, -0.2) is 9.67 Å². The Kier molecular flexibility index (Phi) is 6.27.